The summed E-state index contributed by atoms with van der Waals surface area (Å²) in [6.45, 7) is 7.74. The van der Waals surface area contributed by atoms with E-state index in [1.165, 1.54) is 6.33 Å². The molecule has 0 aliphatic carbocycles. The van der Waals surface area contributed by atoms with Crippen LogP contribution in [0.15, 0.2) is 30.6 Å². The second-order valence-electron chi connectivity index (χ2n) is 10.4. The zero-order valence-corrected chi connectivity index (χ0v) is 22.0. The largest absolute Gasteiger partial charge is 0.393 e. The Morgan fingerprint density at radius 1 is 1.00 bits per heavy atom. The summed E-state index contributed by atoms with van der Waals surface area (Å²) in [5.74, 6) is 0.756. The number of alkyl halides is 3. The molecule has 3 aromatic rings. The van der Waals surface area contributed by atoms with Crippen LogP contribution in [0.25, 0.3) is 10.2 Å². The van der Waals surface area contributed by atoms with Crippen LogP contribution in [0.4, 0.5) is 24.7 Å². The Morgan fingerprint density at radius 2 is 1.81 bits per heavy atom. The molecule has 1 spiro atoms. The normalized spacial score (nSPS) is 23.1. The number of hydrogen-bond acceptors (Lipinski definition) is 7. The Morgan fingerprint density at radius 3 is 2.59 bits per heavy atom. The maximum Gasteiger partial charge on any atom is 0.393 e. The van der Waals surface area contributed by atoms with Gasteiger partial charge in [0.15, 0.2) is 0 Å². The number of aromatic nitrogens is 2. The standard InChI is InChI=1S/C26H29ClF3N5OS/c27-22-11-19(34-7-9-36-10-8-34)2-1-18(22)14-33-5-3-25(15-33)4-6-35(16-25)23-21-12-20(13-26(28,29)30)37-24(21)32-17-31-23/h1-2,11-12,17H,3-10,13-16H2. The zero-order valence-electron chi connectivity index (χ0n) is 20.4. The molecule has 0 N–H and O–H groups in total. The molecule has 3 fully saturated rings. The monoisotopic (exact) mass is 551 g/mol. The van der Waals surface area contributed by atoms with Crippen molar-refractivity contribution in [3.05, 3.63) is 46.1 Å². The van der Waals surface area contributed by atoms with Crippen LogP contribution in [0.3, 0.4) is 0 Å². The van der Waals surface area contributed by atoms with Gasteiger partial charge in [0.1, 0.15) is 17.0 Å². The van der Waals surface area contributed by atoms with Gasteiger partial charge in [-0.1, -0.05) is 17.7 Å². The molecule has 3 aliphatic rings. The minimum atomic E-state index is -4.23. The number of nitrogens with zero attached hydrogens (tertiary/aromatic N) is 5. The van der Waals surface area contributed by atoms with Gasteiger partial charge in [-0.2, -0.15) is 13.2 Å². The Labute approximate surface area is 223 Å². The van der Waals surface area contributed by atoms with E-state index >= 15 is 0 Å². The van der Waals surface area contributed by atoms with Crippen molar-refractivity contribution in [1.82, 2.24) is 14.9 Å². The molecule has 3 aliphatic heterocycles. The molecule has 1 atom stereocenters. The van der Waals surface area contributed by atoms with Crippen LogP contribution < -0.4 is 9.80 Å². The fraction of sp³-hybridized carbons (Fsp3) is 0.538. The summed E-state index contributed by atoms with van der Waals surface area (Å²) in [5.41, 5.74) is 2.44. The summed E-state index contributed by atoms with van der Waals surface area (Å²) in [6.07, 6.45) is -1.56. The molecular formula is C26H29ClF3N5OS. The van der Waals surface area contributed by atoms with E-state index in [-0.39, 0.29) is 10.3 Å². The Hall–Kier alpha value is -2.14. The van der Waals surface area contributed by atoms with Gasteiger partial charge in [0.05, 0.1) is 25.0 Å². The van der Waals surface area contributed by atoms with E-state index in [1.807, 2.05) is 0 Å². The van der Waals surface area contributed by atoms with Gasteiger partial charge in [0, 0.05) is 60.3 Å². The van der Waals surface area contributed by atoms with Crippen molar-refractivity contribution < 1.29 is 17.9 Å². The highest BCUT2D eigenvalue weighted by atomic mass is 35.5. The first-order valence-corrected chi connectivity index (χ1v) is 13.9. The third-order valence-corrected chi connectivity index (χ3v) is 9.19. The van der Waals surface area contributed by atoms with Crippen LogP contribution in [0.1, 0.15) is 23.3 Å². The van der Waals surface area contributed by atoms with E-state index in [0.717, 1.165) is 111 Å². The van der Waals surface area contributed by atoms with Crippen molar-refractivity contribution in [2.45, 2.75) is 32.0 Å². The molecule has 5 heterocycles. The maximum atomic E-state index is 12.9. The minimum absolute atomic E-state index is 0.155. The molecule has 11 heteroatoms. The molecule has 198 valence electrons. The van der Waals surface area contributed by atoms with Crippen LogP contribution in [-0.4, -0.2) is 73.5 Å². The van der Waals surface area contributed by atoms with Crippen molar-refractivity contribution >= 4 is 44.7 Å². The molecule has 1 unspecified atom stereocenters. The predicted octanol–water partition coefficient (Wildman–Crippen LogP) is 5.39. The molecule has 0 bridgehead atoms. The second kappa shape index (κ2) is 9.87. The SMILES string of the molecule is FC(F)(F)Cc1cc2c(N3CCC4(CCN(Cc5ccc(N6CCOCC6)cc5Cl)C4)C3)ncnc2s1. The summed E-state index contributed by atoms with van der Waals surface area (Å²) < 4.78 is 44.3. The molecule has 0 radical (unpaired) electrons. The number of fused-ring (bicyclic) bond motifs is 1. The summed E-state index contributed by atoms with van der Waals surface area (Å²) >= 11 is 7.81. The van der Waals surface area contributed by atoms with Gasteiger partial charge in [0.25, 0.3) is 0 Å². The van der Waals surface area contributed by atoms with E-state index < -0.39 is 12.6 Å². The first-order chi connectivity index (χ1) is 17.8. The quantitative estimate of drug-likeness (QED) is 0.424. The number of likely N-dealkylation sites (tertiary alicyclic amines) is 1. The smallest absolute Gasteiger partial charge is 0.378 e. The van der Waals surface area contributed by atoms with Gasteiger partial charge in [0.2, 0.25) is 0 Å². The molecule has 37 heavy (non-hydrogen) atoms. The lowest BCUT2D eigenvalue weighted by Gasteiger charge is -2.29. The van der Waals surface area contributed by atoms with E-state index in [9.17, 15) is 13.2 Å². The maximum absolute atomic E-state index is 12.9. The fourth-order valence-electron chi connectivity index (χ4n) is 5.96. The molecule has 3 saturated heterocycles. The Kier molecular flexibility index (Phi) is 6.71. The summed E-state index contributed by atoms with van der Waals surface area (Å²) in [7, 11) is 0. The molecule has 0 amide bonds. The van der Waals surface area contributed by atoms with E-state index in [2.05, 4.69) is 42.9 Å². The number of rotatable bonds is 5. The highest BCUT2D eigenvalue weighted by molar-refractivity contribution is 7.18. The first kappa shape index (κ1) is 25.2. The van der Waals surface area contributed by atoms with Gasteiger partial charge < -0.3 is 14.5 Å². The third kappa shape index (κ3) is 5.39. The number of morpholine rings is 1. The average molecular weight is 552 g/mol. The van der Waals surface area contributed by atoms with E-state index in [4.69, 9.17) is 16.3 Å². The summed E-state index contributed by atoms with van der Waals surface area (Å²) in [6, 6.07) is 7.99. The van der Waals surface area contributed by atoms with Gasteiger partial charge in [-0.25, -0.2) is 9.97 Å². The molecule has 6 nitrogen and oxygen atoms in total. The molecule has 2 aromatic heterocycles. The van der Waals surface area contributed by atoms with Crippen LogP contribution in [0.5, 0.6) is 0 Å². The van der Waals surface area contributed by atoms with Crippen molar-refractivity contribution in [1.29, 1.82) is 0 Å². The van der Waals surface area contributed by atoms with Crippen molar-refractivity contribution in [2.24, 2.45) is 5.41 Å². The van der Waals surface area contributed by atoms with Crippen molar-refractivity contribution in [3.63, 3.8) is 0 Å². The highest BCUT2D eigenvalue weighted by Gasteiger charge is 2.44. The van der Waals surface area contributed by atoms with E-state index in [1.54, 1.807) is 6.07 Å². The Balaban J connectivity index is 1.12. The minimum Gasteiger partial charge on any atom is -0.378 e. The molecule has 1 aromatic carbocycles. The fourth-order valence-corrected chi connectivity index (χ4v) is 7.22. The van der Waals surface area contributed by atoms with Crippen molar-refractivity contribution in [3.8, 4) is 0 Å². The van der Waals surface area contributed by atoms with Gasteiger partial charge in [-0.15, -0.1) is 11.3 Å². The average Bonchev–Trinajstić information content (AvgIpc) is 3.58. The lowest BCUT2D eigenvalue weighted by molar-refractivity contribution is -0.126. The first-order valence-electron chi connectivity index (χ1n) is 12.7. The molecule has 0 saturated carbocycles. The van der Waals surface area contributed by atoms with Crippen molar-refractivity contribution in [2.75, 3.05) is 62.3 Å². The highest BCUT2D eigenvalue weighted by Crippen LogP contribution is 2.43. The van der Waals surface area contributed by atoms with Gasteiger partial charge in [-0.05, 0) is 43.1 Å². The number of ether oxygens (including phenoxy) is 1. The number of halogens is 4. The van der Waals surface area contributed by atoms with Crippen LogP contribution >= 0.6 is 22.9 Å². The second-order valence-corrected chi connectivity index (χ2v) is 12.0. The Bertz CT molecular complexity index is 1280. The third-order valence-electron chi connectivity index (χ3n) is 7.80. The number of anilines is 2. The van der Waals surface area contributed by atoms with Crippen LogP contribution in [0.2, 0.25) is 5.02 Å². The lowest BCUT2D eigenvalue weighted by atomic mass is 9.86. The number of hydrogen-bond donors (Lipinski definition) is 0. The molecular weight excluding hydrogens is 523 g/mol. The van der Waals surface area contributed by atoms with Gasteiger partial charge >= 0.3 is 6.18 Å². The summed E-state index contributed by atoms with van der Waals surface area (Å²) in [4.78, 5) is 16.7. The van der Waals surface area contributed by atoms with Gasteiger partial charge in [-0.3, -0.25) is 4.90 Å². The van der Waals surface area contributed by atoms with Crippen LogP contribution in [-0.2, 0) is 17.7 Å². The number of benzene rings is 1. The van der Waals surface area contributed by atoms with Crippen LogP contribution in [0, 0.1) is 5.41 Å². The number of thiophene rings is 1. The summed E-state index contributed by atoms with van der Waals surface area (Å²) in [5, 5.41) is 1.53. The topological polar surface area (TPSA) is 44.7 Å². The predicted molar refractivity (Wildman–Crippen MR) is 141 cm³/mol. The van der Waals surface area contributed by atoms with E-state index in [0.29, 0.717) is 4.83 Å². The zero-order chi connectivity index (χ0) is 25.6. The lowest BCUT2D eigenvalue weighted by Crippen LogP contribution is -2.36. The molecule has 6 rings (SSSR count).